The minimum absolute atomic E-state index is 0.000504. The molecule has 0 aromatic heterocycles. The summed E-state index contributed by atoms with van der Waals surface area (Å²) in [6.45, 7) is 1.94. The summed E-state index contributed by atoms with van der Waals surface area (Å²) in [5.41, 5.74) is 0.519. The molecule has 1 saturated heterocycles. The number of cyclic esters (lactones) is 1. The Hall–Kier alpha value is -0.990. The lowest BCUT2D eigenvalue weighted by Gasteiger charge is -2.44. The molecule has 0 bridgehead atoms. The first-order chi connectivity index (χ1) is 8.62. The van der Waals surface area contributed by atoms with Gasteiger partial charge in [-0.3, -0.25) is 0 Å². The molecule has 2 fully saturated rings. The Kier molecular flexibility index (Phi) is 2.87. The fourth-order valence-electron chi connectivity index (χ4n) is 4.10. The van der Waals surface area contributed by atoms with Gasteiger partial charge in [-0.1, -0.05) is 19.3 Å². The molecule has 0 amide bonds. The highest BCUT2D eigenvalue weighted by Crippen LogP contribution is 2.52. The van der Waals surface area contributed by atoms with Crippen molar-refractivity contribution in [3.05, 3.63) is 11.3 Å². The molecule has 3 nitrogen and oxygen atoms in total. The van der Waals surface area contributed by atoms with E-state index in [0.717, 1.165) is 32.1 Å². The highest BCUT2D eigenvalue weighted by molar-refractivity contribution is 5.91. The van der Waals surface area contributed by atoms with Gasteiger partial charge in [-0.15, -0.1) is 0 Å². The summed E-state index contributed by atoms with van der Waals surface area (Å²) >= 11 is 0. The quantitative estimate of drug-likeness (QED) is 0.669. The first-order valence-corrected chi connectivity index (χ1v) is 7.27. The molecular weight excluding hydrogens is 228 g/mol. The molecule has 0 radical (unpaired) electrons. The number of hydrogen-bond donors (Lipinski definition) is 1. The highest BCUT2D eigenvalue weighted by Gasteiger charge is 2.47. The zero-order chi connectivity index (χ0) is 12.8. The molecule has 3 heteroatoms. The van der Waals surface area contributed by atoms with Crippen LogP contribution >= 0.6 is 0 Å². The molecule has 1 N–H and O–H groups in total. The number of allylic oxidation sites excluding steroid dienone is 1. The van der Waals surface area contributed by atoms with E-state index in [2.05, 4.69) is 0 Å². The molecular formula is C15H22O3. The minimum Gasteiger partial charge on any atom is -0.511 e. The number of ether oxygens (including phenoxy) is 1. The van der Waals surface area contributed by atoms with Crippen LogP contribution in [0.4, 0.5) is 0 Å². The smallest absolute Gasteiger partial charge is 0.337 e. The molecule has 3 aliphatic rings. The normalized spacial score (nSPS) is 35.3. The van der Waals surface area contributed by atoms with Gasteiger partial charge >= 0.3 is 5.97 Å². The Bertz CT molecular complexity index is 391. The topological polar surface area (TPSA) is 46.5 Å². The molecule has 3 rings (SSSR count). The van der Waals surface area contributed by atoms with Crippen molar-refractivity contribution in [1.82, 2.24) is 0 Å². The van der Waals surface area contributed by atoms with Crippen LogP contribution in [0.3, 0.4) is 0 Å². The van der Waals surface area contributed by atoms with Crippen molar-refractivity contribution >= 4 is 5.97 Å². The van der Waals surface area contributed by atoms with Crippen LogP contribution in [0, 0.1) is 11.3 Å². The molecule has 0 aromatic carbocycles. The van der Waals surface area contributed by atoms with E-state index in [1.54, 1.807) is 0 Å². The second-order valence-corrected chi connectivity index (χ2v) is 6.29. The lowest BCUT2D eigenvalue weighted by atomic mass is 9.62. The van der Waals surface area contributed by atoms with Crippen LogP contribution in [0.2, 0.25) is 0 Å². The summed E-state index contributed by atoms with van der Waals surface area (Å²) in [7, 11) is 0. The van der Waals surface area contributed by atoms with Crippen LogP contribution in [0.15, 0.2) is 11.3 Å². The van der Waals surface area contributed by atoms with Gasteiger partial charge in [0, 0.05) is 5.41 Å². The van der Waals surface area contributed by atoms with Gasteiger partial charge in [0.15, 0.2) is 0 Å². The molecule has 1 heterocycles. The molecule has 1 aliphatic heterocycles. The van der Waals surface area contributed by atoms with E-state index in [1.165, 1.54) is 19.3 Å². The van der Waals surface area contributed by atoms with Crippen molar-refractivity contribution in [2.24, 2.45) is 11.3 Å². The lowest BCUT2D eigenvalue weighted by molar-refractivity contribution is -0.150. The second-order valence-electron chi connectivity index (χ2n) is 6.29. The molecule has 100 valence electrons. The Labute approximate surface area is 108 Å². The predicted octanol–water partition coefficient (Wildman–Crippen LogP) is 3.49. The SMILES string of the molecule is C[C@@H]1C[C@@H]2CCC3(CCCCC3)C(O)=C2C(=O)O1. The number of aliphatic hydroxyl groups excluding tert-OH is 1. The Morgan fingerprint density at radius 3 is 2.67 bits per heavy atom. The van der Waals surface area contributed by atoms with Gasteiger partial charge in [-0.2, -0.15) is 0 Å². The number of aliphatic hydroxyl groups is 1. The van der Waals surface area contributed by atoms with Crippen LogP contribution < -0.4 is 0 Å². The zero-order valence-electron chi connectivity index (χ0n) is 11.1. The summed E-state index contributed by atoms with van der Waals surface area (Å²) in [4.78, 5) is 12.0. The van der Waals surface area contributed by atoms with Crippen LogP contribution in [0.1, 0.15) is 58.3 Å². The van der Waals surface area contributed by atoms with Gasteiger partial charge in [0.05, 0.1) is 11.7 Å². The Morgan fingerprint density at radius 1 is 1.22 bits per heavy atom. The summed E-state index contributed by atoms with van der Waals surface area (Å²) in [6, 6.07) is 0. The van der Waals surface area contributed by atoms with Crippen molar-refractivity contribution in [2.75, 3.05) is 0 Å². The van der Waals surface area contributed by atoms with Crippen LogP contribution in [0.5, 0.6) is 0 Å². The molecule has 18 heavy (non-hydrogen) atoms. The van der Waals surface area contributed by atoms with Crippen molar-refractivity contribution in [1.29, 1.82) is 0 Å². The number of carbonyl (C=O) groups is 1. The van der Waals surface area contributed by atoms with E-state index in [1.807, 2.05) is 6.92 Å². The summed E-state index contributed by atoms with van der Waals surface area (Å²) < 4.78 is 5.30. The first kappa shape index (κ1) is 12.1. The molecule has 1 saturated carbocycles. The van der Waals surface area contributed by atoms with Gasteiger partial charge < -0.3 is 9.84 Å². The first-order valence-electron chi connectivity index (χ1n) is 7.27. The highest BCUT2D eigenvalue weighted by atomic mass is 16.5. The summed E-state index contributed by atoms with van der Waals surface area (Å²) in [5.74, 6) is 0.352. The number of carbonyl (C=O) groups excluding carboxylic acids is 1. The van der Waals surface area contributed by atoms with Crippen molar-refractivity contribution < 1.29 is 14.6 Å². The van der Waals surface area contributed by atoms with Gasteiger partial charge in [0.1, 0.15) is 5.76 Å². The Morgan fingerprint density at radius 2 is 1.94 bits per heavy atom. The lowest BCUT2D eigenvalue weighted by Crippen LogP contribution is -2.40. The molecule has 2 atom stereocenters. The third-order valence-corrected chi connectivity index (χ3v) is 5.09. The van der Waals surface area contributed by atoms with Crippen molar-refractivity contribution in [2.45, 2.75) is 64.4 Å². The van der Waals surface area contributed by atoms with E-state index < -0.39 is 0 Å². The number of esters is 1. The molecule has 2 aliphatic carbocycles. The van der Waals surface area contributed by atoms with Gasteiger partial charge in [0.25, 0.3) is 0 Å². The fourth-order valence-corrected chi connectivity index (χ4v) is 4.10. The third kappa shape index (κ3) is 1.75. The maximum absolute atomic E-state index is 12.0. The average molecular weight is 250 g/mol. The van der Waals surface area contributed by atoms with Gasteiger partial charge in [-0.05, 0) is 44.9 Å². The zero-order valence-corrected chi connectivity index (χ0v) is 11.1. The van der Waals surface area contributed by atoms with Crippen LogP contribution in [-0.4, -0.2) is 17.2 Å². The second kappa shape index (κ2) is 4.29. The van der Waals surface area contributed by atoms with Crippen molar-refractivity contribution in [3.63, 3.8) is 0 Å². The summed E-state index contributed by atoms with van der Waals surface area (Å²) in [5, 5.41) is 10.6. The number of fused-ring (bicyclic) bond motifs is 1. The monoisotopic (exact) mass is 250 g/mol. The van der Waals surface area contributed by atoms with Gasteiger partial charge in [0.2, 0.25) is 0 Å². The largest absolute Gasteiger partial charge is 0.511 e. The van der Waals surface area contributed by atoms with E-state index in [4.69, 9.17) is 4.74 Å². The Balaban J connectivity index is 1.96. The fraction of sp³-hybridized carbons (Fsp3) is 0.800. The molecule has 1 spiro atoms. The summed E-state index contributed by atoms with van der Waals surface area (Å²) in [6.07, 6.45) is 8.65. The number of hydrogen-bond acceptors (Lipinski definition) is 3. The molecule has 0 aromatic rings. The maximum Gasteiger partial charge on any atom is 0.337 e. The van der Waals surface area contributed by atoms with Crippen LogP contribution in [-0.2, 0) is 9.53 Å². The van der Waals surface area contributed by atoms with E-state index in [0.29, 0.717) is 11.3 Å². The maximum atomic E-state index is 12.0. The van der Waals surface area contributed by atoms with E-state index in [9.17, 15) is 9.90 Å². The van der Waals surface area contributed by atoms with Crippen molar-refractivity contribution in [3.8, 4) is 0 Å². The van der Waals surface area contributed by atoms with E-state index >= 15 is 0 Å². The third-order valence-electron chi connectivity index (χ3n) is 5.09. The van der Waals surface area contributed by atoms with E-state index in [-0.39, 0.29) is 23.4 Å². The molecule has 0 unspecified atom stereocenters. The standard InChI is InChI=1S/C15H22O3/c1-10-9-11-5-8-15(6-3-2-4-7-15)13(16)12(11)14(17)18-10/h10-11,16H,2-9H2,1H3/t10-,11+/m1/s1. The van der Waals surface area contributed by atoms with Gasteiger partial charge in [-0.25, -0.2) is 4.79 Å². The predicted molar refractivity (Wildman–Crippen MR) is 68.1 cm³/mol. The minimum atomic E-state index is -0.263. The average Bonchev–Trinajstić information content (AvgIpc) is 2.35. The van der Waals surface area contributed by atoms with Crippen LogP contribution in [0.25, 0.3) is 0 Å². The number of rotatable bonds is 0.